The van der Waals surface area contributed by atoms with Gasteiger partial charge in [0.05, 0.1) is 11.0 Å². The van der Waals surface area contributed by atoms with Gasteiger partial charge in [0.15, 0.2) is 12.4 Å². The van der Waals surface area contributed by atoms with Crippen LogP contribution in [-0.4, -0.2) is 17.4 Å². The number of nitrogens with one attached hydrogen (secondary N) is 1. The minimum atomic E-state index is -0.523. The van der Waals surface area contributed by atoms with Gasteiger partial charge >= 0.3 is 5.69 Å². The predicted octanol–water partition coefficient (Wildman–Crippen LogP) is 4.25. The normalized spacial score (nSPS) is 11.6. The highest BCUT2D eigenvalue weighted by molar-refractivity contribution is 7.10. The molecule has 0 aliphatic carbocycles. The Kier molecular flexibility index (Phi) is 5.83. The zero-order valence-corrected chi connectivity index (χ0v) is 15.4. The maximum absolute atomic E-state index is 12.5. The van der Waals surface area contributed by atoms with E-state index in [2.05, 4.69) is 5.32 Å². The van der Waals surface area contributed by atoms with Gasteiger partial charge in [0.2, 0.25) is 0 Å². The monoisotopic (exact) mass is 382 g/mol. The van der Waals surface area contributed by atoms with Crippen LogP contribution in [0.2, 0.25) is 0 Å². The molecule has 0 fully saturated rings. The molecule has 1 aromatic heterocycles. The highest BCUT2D eigenvalue weighted by Gasteiger charge is 2.20. The van der Waals surface area contributed by atoms with Crippen molar-refractivity contribution in [1.29, 1.82) is 0 Å². The van der Waals surface area contributed by atoms with Crippen LogP contribution in [-0.2, 0) is 4.79 Å². The Morgan fingerprint density at radius 2 is 1.96 bits per heavy atom. The van der Waals surface area contributed by atoms with Crippen LogP contribution in [0, 0.1) is 17.0 Å². The van der Waals surface area contributed by atoms with Crippen LogP contribution in [0.1, 0.15) is 22.0 Å². The largest absolute Gasteiger partial charge is 0.477 e. The van der Waals surface area contributed by atoms with Gasteiger partial charge in [-0.3, -0.25) is 14.9 Å². The summed E-state index contributed by atoms with van der Waals surface area (Å²) in [5, 5.41) is 16.0. The summed E-state index contributed by atoms with van der Waals surface area (Å²) < 4.78 is 5.44. The third-order valence-corrected chi connectivity index (χ3v) is 4.87. The molecule has 1 atom stereocenters. The van der Waals surface area contributed by atoms with E-state index in [9.17, 15) is 14.9 Å². The van der Waals surface area contributed by atoms with Gasteiger partial charge < -0.3 is 10.1 Å². The van der Waals surface area contributed by atoms with E-state index in [-0.39, 0.29) is 30.0 Å². The molecule has 0 saturated carbocycles. The van der Waals surface area contributed by atoms with E-state index >= 15 is 0 Å². The van der Waals surface area contributed by atoms with Crippen LogP contribution in [0.15, 0.2) is 66.0 Å². The fraction of sp³-hybridized carbons (Fsp3) is 0.150. The molecule has 6 nitrogen and oxygen atoms in total. The number of ether oxygens (including phenoxy) is 1. The number of benzene rings is 2. The predicted molar refractivity (Wildman–Crippen MR) is 104 cm³/mol. The number of thiophene rings is 1. The van der Waals surface area contributed by atoms with Crippen molar-refractivity contribution in [3.05, 3.63) is 92.2 Å². The average Bonchev–Trinajstić information content (AvgIpc) is 3.19. The van der Waals surface area contributed by atoms with Crippen LogP contribution in [0.3, 0.4) is 0 Å². The van der Waals surface area contributed by atoms with Crippen molar-refractivity contribution in [2.75, 3.05) is 6.61 Å². The zero-order valence-electron chi connectivity index (χ0n) is 14.6. The molecule has 1 N–H and O–H groups in total. The molecule has 0 saturated heterocycles. The molecule has 1 amide bonds. The standard InChI is InChI=1S/C20H18N2O4S/c1-14-9-10-16(22(24)25)17(12-14)26-13-19(23)21-20(18-8-5-11-27-18)15-6-3-2-4-7-15/h2-12,20H,13H2,1H3,(H,21,23)/t20-/m1/s1. The Morgan fingerprint density at radius 1 is 1.19 bits per heavy atom. The zero-order chi connectivity index (χ0) is 19.2. The lowest BCUT2D eigenvalue weighted by molar-refractivity contribution is -0.385. The maximum Gasteiger partial charge on any atom is 0.310 e. The van der Waals surface area contributed by atoms with E-state index in [0.29, 0.717) is 0 Å². The molecule has 3 aromatic rings. The first-order valence-corrected chi connectivity index (χ1v) is 9.18. The second kappa shape index (κ2) is 8.46. The molecule has 0 spiro atoms. The third kappa shape index (κ3) is 4.71. The molecule has 0 bridgehead atoms. The summed E-state index contributed by atoms with van der Waals surface area (Å²) in [6.45, 7) is 1.50. The number of amides is 1. The average molecular weight is 382 g/mol. The maximum atomic E-state index is 12.5. The van der Waals surface area contributed by atoms with Crippen molar-refractivity contribution in [2.45, 2.75) is 13.0 Å². The van der Waals surface area contributed by atoms with Crippen molar-refractivity contribution >= 4 is 22.9 Å². The van der Waals surface area contributed by atoms with E-state index in [1.807, 2.05) is 47.8 Å². The SMILES string of the molecule is Cc1ccc([N+](=O)[O-])c(OCC(=O)N[C@H](c2ccccc2)c2cccs2)c1. The molecule has 27 heavy (non-hydrogen) atoms. The lowest BCUT2D eigenvalue weighted by atomic mass is 10.1. The number of hydrogen-bond donors (Lipinski definition) is 1. The lowest BCUT2D eigenvalue weighted by Gasteiger charge is -2.18. The fourth-order valence-corrected chi connectivity index (χ4v) is 3.46. The first kappa shape index (κ1) is 18.6. The molecule has 0 aliphatic rings. The highest BCUT2D eigenvalue weighted by atomic mass is 32.1. The number of nitro benzene ring substituents is 1. The number of carbonyl (C=O) groups excluding carboxylic acids is 1. The fourth-order valence-electron chi connectivity index (χ4n) is 2.65. The van der Waals surface area contributed by atoms with Gasteiger partial charge in [-0.1, -0.05) is 42.5 Å². The topological polar surface area (TPSA) is 81.5 Å². The number of rotatable bonds is 7. The van der Waals surface area contributed by atoms with Crippen molar-refractivity contribution in [3.63, 3.8) is 0 Å². The molecule has 0 aliphatic heterocycles. The summed E-state index contributed by atoms with van der Waals surface area (Å²) in [5.74, 6) is -0.268. The molecular formula is C20H18N2O4S. The number of nitrogens with zero attached hydrogens (tertiary/aromatic N) is 1. The van der Waals surface area contributed by atoms with Gasteiger partial charge in [0.25, 0.3) is 5.91 Å². The second-order valence-corrected chi connectivity index (χ2v) is 6.92. The molecule has 7 heteroatoms. The molecule has 2 aromatic carbocycles. The minimum Gasteiger partial charge on any atom is -0.477 e. The van der Waals surface area contributed by atoms with Crippen LogP contribution >= 0.6 is 11.3 Å². The molecule has 0 radical (unpaired) electrons. The lowest BCUT2D eigenvalue weighted by Crippen LogP contribution is -2.33. The van der Waals surface area contributed by atoms with Crippen molar-refractivity contribution in [3.8, 4) is 5.75 Å². The van der Waals surface area contributed by atoms with E-state index in [1.54, 1.807) is 30.4 Å². The van der Waals surface area contributed by atoms with E-state index in [4.69, 9.17) is 4.74 Å². The first-order valence-electron chi connectivity index (χ1n) is 8.30. The summed E-state index contributed by atoms with van der Waals surface area (Å²) >= 11 is 1.55. The van der Waals surface area contributed by atoms with Gasteiger partial charge in [-0.05, 0) is 35.6 Å². The summed E-state index contributed by atoms with van der Waals surface area (Å²) in [5.41, 5.74) is 1.61. The van der Waals surface area contributed by atoms with Crippen molar-refractivity contribution < 1.29 is 14.5 Å². The Bertz CT molecular complexity index is 926. The minimum absolute atomic E-state index is 0.0857. The smallest absolute Gasteiger partial charge is 0.310 e. The van der Waals surface area contributed by atoms with Gasteiger partial charge in [0.1, 0.15) is 0 Å². The summed E-state index contributed by atoms with van der Waals surface area (Å²) in [7, 11) is 0. The van der Waals surface area contributed by atoms with Gasteiger partial charge in [-0.25, -0.2) is 0 Å². The van der Waals surface area contributed by atoms with Crippen LogP contribution in [0.4, 0.5) is 5.69 Å². The number of carbonyl (C=O) groups is 1. The van der Waals surface area contributed by atoms with E-state index in [0.717, 1.165) is 16.0 Å². The number of aryl methyl sites for hydroxylation is 1. The van der Waals surface area contributed by atoms with Crippen molar-refractivity contribution in [2.24, 2.45) is 0 Å². The van der Waals surface area contributed by atoms with Gasteiger partial charge in [-0.2, -0.15) is 0 Å². The number of nitro groups is 1. The Balaban J connectivity index is 1.73. The van der Waals surface area contributed by atoms with Crippen LogP contribution in [0.25, 0.3) is 0 Å². The van der Waals surface area contributed by atoms with Gasteiger partial charge in [0, 0.05) is 10.9 Å². The highest BCUT2D eigenvalue weighted by Crippen LogP contribution is 2.28. The number of hydrogen-bond acceptors (Lipinski definition) is 5. The Hall–Kier alpha value is -3.19. The summed E-state index contributed by atoms with van der Waals surface area (Å²) in [6, 6.07) is 17.8. The quantitative estimate of drug-likeness (QED) is 0.489. The van der Waals surface area contributed by atoms with Crippen LogP contribution < -0.4 is 10.1 Å². The Labute approximate surface area is 160 Å². The first-order chi connectivity index (χ1) is 13.0. The van der Waals surface area contributed by atoms with Crippen LogP contribution in [0.5, 0.6) is 5.75 Å². The van der Waals surface area contributed by atoms with Gasteiger partial charge in [-0.15, -0.1) is 11.3 Å². The third-order valence-electron chi connectivity index (χ3n) is 3.94. The molecule has 138 valence electrons. The summed E-state index contributed by atoms with van der Waals surface area (Å²) in [4.78, 5) is 24.1. The Morgan fingerprint density at radius 3 is 2.63 bits per heavy atom. The molecular weight excluding hydrogens is 364 g/mol. The second-order valence-electron chi connectivity index (χ2n) is 5.94. The van der Waals surface area contributed by atoms with Crippen molar-refractivity contribution in [1.82, 2.24) is 5.32 Å². The van der Waals surface area contributed by atoms with E-state index < -0.39 is 4.92 Å². The van der Waals surface area contributed by atoms with E-state index in [1.165, 1.54) is 6.07 Å². The summed E-state index contributed by atoms with van der Waals surface area (Å²) in [6.07, 6.45) is 0. The molecule has 3 rings (SSSR count). The molecule has 0 unspecified atom stereocenters. The molecule has 1 heterocycles.